The van der Waals surface area contributed by atoms with E-state index < -0.39 is 30.6 Å². The molecule has 2 atom stereocenters. The van der Waals surface area contributed by atoms with Gasteiger partial charge in [0.25, 0.3) is 0 Å². The van der Waals surface area contributed by atoms with Crippen LogP contribution in [0.15, 0.2) is 0 Å². The predicted molar refractivity (Wildman–Crippen MR) is 147 cm³/mol. The van der Waals surface area contributed by atoms with E-state index in [9.17, 15) is 14.4 Å². The molecule has 0 aliphatic rings. The van der Waals surface area contributed by atoms with Crippen LogP contribution < -0.4 is 11.1 Å². The summed E-state index contributed by atoms with van der Waals surface area (Å²) in [7, 11) is 1.17. The topological polar surface area (TPSA) is 128 Å². The molecule has 8 nitrogen and oxygen atoms in total. The van der Waals surface area contributed by atoms with Gasteiger partial charge in [0.15, 0.2) is 6.04 Å². The van der Waals surface area contributed by atoms with E-state index in [1.165, 1.54) is 102 Å². The first-order chi connectivity index (χ1) is 17.5. The number of nitrogens with one attached hydrogen (secondary N) is 1. The van der Waals surface area contributed by atoms with Crippen LogP contribution in [0.1, 0.15) is 110 Å². The van der Waals surface area contributed by atoms with Crippen LogP contribution >= 0.6 is 11.8 Å². The zero-order chi connectivity index (χ0) is 26.9. The summed E-state index contributed by atoms with van der Waals surface area (Å²) in [5, 5.41) is 11.5. The Kier molecular flexibility index (Phi) is 24.4. The monoisotopic (exact) mass is 532 g/mol. The minimum Gasteiger partial charge on any atom is -0.467 e. The molecule has 0 saturated heterocycles. The number of aliphatic hydroxyl groups is 1. The van der Waals surface area contributed by atoms with Crippen molar-refractivity contribution in [2.45, 2.75) is 122 Å². The summed E-state index contributed by atoms with van der Waals surface area (Å²) < 4.78 is 9.73. The highest BCUT2D eigenvalue weighted by Gasteiger charge is 2.23. The van der Waals surface area contributed by atoms with Crippen molar-refractivity contribution in [2.75, 3.05) is 31.8 Å². The van der Waals surface area contributed by atoms with Crippen LogP contribution in [0.3, 0.4) is 0 Å². The number of aliphatic hydroxyl groups excluding tert-OH is 1. The summed E-state index contributed by atoms with van der Waals surface area (Å²) in [6.45, 7) is 1.97. The van der Waals surface area contributed by atoms with E-state index >= 15 is 0 Å². The number of hydrogen-bond donors (Lipinski definition) is 3. The van der Waals surface area contributed by atoms with Gasteiger partial charge in [0.05, 0.1) is 19.8 Å². The summed E-state index contributed by atoms with van der Waals surface area (Å²) in [5.41, 5.74) is 5.80. The molecule has 0 aliphatic heterocycles. The van der Waals surface area contributed by atoms with Crippen LogP contribution in [0.25, 0.3) is 0 Å². The third-order valence-electron chi connectivity index (χ3n) is 6.09. The number of carbonyl (C=O) groups excluding carboxylic acids is 3. The first kappa shape index (κ1) is 34.7. The second kappa shape index (κ2) is 25.3. The molecule has 9 heteroatoms. The van der Waals surface area contributed by atoms with Gasteiger partial charge in [0.2, 0.25) is 5.91 Å². The molecule has 0 aliphatic carbocycles. The van der Waals surface area contributed by atoms with E-state index in [4.69, 9.17) is 15.6 Å². The second-order valence-electron chi connectivity index (χ2n) is 9.37. The van der Waals surface area contributed by atoms with Crippen molar-refractivity contribution in [3.05, 3.63) is 0 Å². The number of rotatable bonds is 25. The molecule has 0 saturated carbocycles. The SMILES string of the molecule is CCCCCCCCCCCCCCCCCC(=O)OCCSC[C@@H](N)C(=O)N[C@@H](CO)C(=O)OC. The lowest BCUT2D eigenvalue weighted by atomic mass is 10.0. The highest BCUT2D eigenvalue weighted by Crippen LogP contribution is 2.14. The summed E-state index contributed by atoms with van der Waals surface area (Å²) in [6, 6.07) is -1.97. The standard InChI is InChI=1S/C27H52N2O6S/c1-3-4-5-6-7-8-9-10-11-12-13-14-15-16-17-18-25(31)35-19-20-36-22-23(28)26(32)29-24(21-30)27(33)34-2/h23-24,30H,3-22,28H2,1-2H3,(H,29,32)/t23-,24+/m1/s1. The Morgan fingerprint density at radius 1 is 0.861 bits per heavy atom. The van der Waals surface area contributed by atoms with Crippen molar-refractivity contribution >= 4 is 29.6 Å². The Morgan fingerprint density at radius 3 is 1.83 bits per heavy atom. The van der Waals surface area contributed by atoms with E-state index in [0.29, 0.717) is 17.9 Å². The second-order valence-corrected chi connectivity index (χ2v) is 10.5. The van der Waals surface area contributed by atoms with Crippen molar-refractivity contribution in [1.82, 2.24) is 5.32 Å². The molecular formula is C27H52N2O6S. The number of esters is 2. The van der Waals surface area contributed by atoms with E-state index in [-0.39, 0.29) is 12.6 Å². The van der Waals surface area contributed by atoms with Crippen molar-refractivity contribution in [3.8, 4) is 0 Å². The maximum absolute atomic E-state index is 12.0. The number of methoxy groups -OCH3 is 1. The molecule has 0 bridgehead atoms. The number of ether oxygens (including phenoxy) is 2. The Balaban J connectivity index is 3.50. The van der Waals surface area contributed by atoms with Crippen molar-refractivity contribution < 1.29 is 29.0 Å². The molecule has 4 N–H and O–H groups in total. The van der Waals surface area contributed by atoms with E-state index in [2.05, 4.69) is 17.0 Å². The molecule has 1 amide bonds. The molecule has 0 spiro atoms. The molecule has 0 fully saturated rings. The summed E-state index contributed by atoms with van der Waals surface area (Å²) in [5.74, 6) is -0.617. The predicted octanol–water partition coefficient (Wildman–Crippen LogP) is 4.50. The van der Waals surface area contributed by atoms with Crippen LogP contribution in [0.4, 0.5) is 0 Å². The van der Waals surface area contributed by atoms with Crippen LogP contribution in [-0.2, 0) is 23.9 Å². The van der Waals surface area contributed by atoms with Gasteiger partial charge in [-0.3, -0.25) is 9.59 Å². The maximum Gasteiger partial charge on any atom is 0.330 e. The molecule has 0 aromatic heterocycles. The van der Waals surface area contributed by atoms with Gasteiger partial charge in [0.1, 0.15) is 6.61 Å². The number of nitrogens with two attached hydrogens (primary N) is 1. The van der Waals surface area contributed by atoms with Gasteiger partial charge in [0, 0.05) is 17.9 Å². The van der Waals surface area contributed by atoms with E-state index in [0.717, 1.165) is 12.8 Å². The van der Waals surface area contributed by atoms with E-state index in [1.807, 2.05) is 0 Å². The summed E-state index contributed by atoms with van der Waals surface area (Å²) >= 11 is 1.39. The average Bonchev–Trinajstić information content (AvgIpc) is 2.88. The molecule has 0 radical (unpaired) electrons. The number of amides is 1. The fourth-order valence-electron chi connectivity index (χ4n) is 3.81. The fraction of sp³-hybridized carbons (Fsp3) is 0.889. The highest BCUT2D eigenvalue weighted by atomic mass is 32.2. The van der Waals surface area contributed by atoms with Crippen molar-refractivity contribution in [3.63, 3.8) is 0 Å². The molecule has 0 rings (SSSR count). The third kappa shape index (κ3) is 20.8. The van der Waals surface area contributed by atoms with Crippen LogP contribution in [0.5, 0.6) is 0 Å². The van der Waals surface area contributed by atoms with Crippen molar-refractivity contribution in [1.29, 1.82) is 0 Å². The van der Waals surface area contributed by atoms with Gasteiger partial charge in [-0.2, -0.15) is 11.8 Å². The first-order valence-corrected chi connectivity index (χ1v) is 15.1. The minimum atomic E-state index is -1.13. The lowest BCUT2D eigenvalue weighted by Crippen LogP contribution is -2.51. The largest absolute Gasteiger partial charge is 0.467 e. The molecule has 0 aromatic carbocycles. The number of hydrogen-bond acceptors (Lipinski definition) is 8. The Bertz CT molecular complexity index is 564. The average molecular weight is 533 g/mol. The highest BCUT2D eigenvalue weighted by molar-refractivity contribution is 7.99. The summed E-state index contributed by atoms with van der Waals surface area (Å²) in [6.07, 6.45) is 19.8. The van der Waals surface area contributed by atoms with Gasteiger partial charge in [-0.1, -0.05) is 96.8 Å². The van der Waals surface area contributed by atoms with Gasteiger partial charge in [-0.05, 0) is 6.42 Å². The Labute approximate surface area is 223 Å². The molecule has 0 aromatic rings. The van der Waals surface area contributed by atoms with Crippen LogP contribution in [0, 0.1) is 0 Å². The van der Waals surface area contributed by atoms with Gasteiger partial charge in [-0.15, -0.1) is 0 Å². The van der Waals surface area contributed by atoms with Crippen LogP contribution in [0.2, 0.25) is 0 Å². The van der Waals surface area contributed by atoms with Crippen molar-refractivity contribution in [2.24, 2.45) is 5.73 Å². The van der Waals surface area contributed by atoms with E-state index in [1.54, 1.807) is 0 Å². The van der Waals surface area contributed by atoms with Gasteiger partial charge >= 0.3 is 11.9 Å². The maximum atomic E-state index is 12.0. The number of unbranched alkanes of at least 4 members (excludes halogenated alkanes) is 14. The first-order valence-electron chi connectivity index (χ1n) is 13.9. The number of carbonyl (C=O) groups is 3. The fourth-order valence-corrected chi connectivity index (χ4v) is 4.59. The molecule has 36 heavy (non-hydrogen) atoms. The zero-order valence-electron chi connectivity index (χ0n) is 22.8. The lowest BCUT2D eigenvalue weighted by Gasteiger charge is -2.17. The zero-order valence-corrected chi connectivity index (χ0v) is 23.6. The number of thioether (sulfide) groups is 1. The Morgan fingerprint density at radius 2 is 1.36 bits per heavy atom. The summed E-state index contributed by atoms with van der Waals surface area (Å²) in [4.78, 5) is 35.2. The lowest BCUT2D eigenvalue weighted by molar-refractivity contribution is -0.146. The van der Waals surface area contributed by atoms with Gasteiger partial charge < -0.3 is 25.6 Å². The minimum absolute atomic E-state index is 0.184. The molecule has 0 heterocycles. The molecular weight excluding hydrogens is 480 g/mol. The smallest absolute Gasteiger partial charge is 0.330 e. The van der Waals surface area contributed by atoms with Gasteiger partial charge in [-0.25, -0.2) is 4.79 Å². The normalized spacial score (nSPS) is 12.7. The molecule has 0 unspecified atom stereocenters. The molecule has 212 valence electrons. The van der Waals surface area contributed by atoms with Crippen LogP contribution in [-0.4, -0.2) is 66.9 Å². The Hall–Kier alpha value is -1.32. The third-order valence-corrected chi connectivity index (χ3v) is 7.14. The quantitative estimate of drug-likeness (QED) is 0.116.